The number of guanidine groups is 1. The number of ether oxygens (including phenoxy) is 4. The molecule has 2 fully saturated rings. The van der Waals surface area contributed by atoms with E-state index in [9.17, 15) is 0 Å². The van der Waals surface area contributed by atoms with Crippen molar-refractivity contribution in [2.75, 3.05) is 38.8 Å². The molecule has 3 N–H and O–H groups in total. The molecule has 3 rings (SSSR count). The smallest absolute Gasteiger partial charge is 0.193 e. The average molecular weight is 484 g/mol. The van der Waals surface area contributed by atoms with Gasteiger partial charge in [-0.2, -0.15) is 0 Å². The van der Waals surface area contributed by atoms with Crippen LogP contribution in [0, 0.1) is 0 Å². The van der Waals surface area contributed by atoms with Gasteiger partial charge in [-0.05, 0) is 18.2 Å². The van der Waals surface area contributed by atoms with Crippen molar-refractivity contribution in [2.45, 2.75) is 24.7 Å². The normalized spacial score (nSPS) is 22.5. The van der Waals surface area contributed by atoms with Crippen molar-refractivity contribution in [1.82, 2.24) is 0 Å². The van der Waals surface area contributed by atoms with Crippen LogP contribution in [-0.2, 0) is 14.2 Å². The van der Waals surface area contributed by atoms with Crippen LogP contribution in [0.4, 0.5) is 5.69 Å². The van der Waals surface area contributed by atoms with Crippen LogP contribution in [0.1, 0.15) is 12.8 Å². The van der Waals surface area contributed by atoms with E-state index in [0.717, 1.165) is 18.5 Å². The fraction of sp³-hybridized carbons (Fsp3) is 0.562. The summed E-state index contributed by atoms with van der Waals surface area (Å²) in [7, 11) is 1.57. The van der Waals surface area contributed by atoms with E-state index in [1.807, 2.05) is 6.07 Å². The minimum Gasteiger partial charge on any atom is -0.495 e. The molecule has 7 nitrogen and oxygen atoms in total. The minimum absolute atomic E-state index is 0. The van der Waals surface area contributed by atoms with Gasteiger partial charge in [-0.25, -0.2) is 0 Å². The van der Waals surface area contributed by atoms with E-state index in [2.05, 4.69) is 10.3 Å². The molecule has 2 aliphatic rings. The Balaban J connectivity index is 0.00000225. The Kier molecular flexibility index (Phi) is 7.56. The van der Waals surface area contributed by atoms with E-state index in [0.29, 0.717) is 43.1 Å². The lowest BCUT2D eigenvalue weighted by Gasteiger charge is -2.31. The minimum atomic E-state index is -0.496. The van der Waals surface area contributed by atoms with Gasteiger partial charge in [-0.3, -0.25) is 4.99 Å². The molecule has 1 aromatic rings. The van der Waals surface area contributed by atoms with E-state index in [1.54, 1.807) is 19.2 Å². The average Bonchev–Trinajstić information content (AvgIpc) is 2.96. The first-order valence-corrected chi connectivity index (χ1v) is 8.28. The number of nitrogens with one attached hydrogen (secondary N) is 1. The molecule has 0 amide bonds. The van der Waals surface area contributed by atoms with Gasteiger partial charge in [-0.15, -0.1) is 24.0 Å². The van der Waals surface area contributed by atoms with Gasteiger partial charge in [0.1, 0.15) is 11.9 Å². The van der Waals surface area contributed by atoms with Crippen LogP contribution in [0.15, 0.2) is 23.2 Å². The number of methoxy groups -OCH3 is 1. The van der Waals surface area contributed by atoms with E-state index in [4.69, 9.17) is 36.3 Å². The predicted octanol–water partition coefficient (Wildman–Crippen LogP) is 2.62. The van der Waals surface area contributed by atoms with Crippen LogP contribution in [0.25, 0.3) is 0 Å². The highest BCUT2D eigenvalue weighted by molar-refractivity contribution is 14.0. The Bertz CT molecular complexity index is 611. The number of nitrogens with two attached hydrogens (primary N) is 1. The molecule has 1 atom stereocenters. The molecule has 2 aliphatic heterocycles. The molecule has 1 unspecified atom stereocenters. The summed E-state index contributed by atoms with van der Waals surface area (Å²) in [6.07, 6.45) is 1.42. The molecular formula is C16H23ClIN3O4. The van der Waals surface area contributed by atoms with Crippen molar-refractivity contribution >= 4 is 47.2 Å². The number of halogens is 2. The van der Waals surface area contributed by atoms with E-state index in [1.165, 1.54) is 0 Å². The van der Waals surface area contributed by atoms with E-state index < -0.39 is 5.79 Å². The fourth-order valence-corrected chi connectivity index (χ4v) is 3.04. The molecule has 2 saturated heterocycles. The van der Waals surface area contributed by atoms with Gasteiger partial charge >= 0.3 is 0 Å². The first-order valence-electron chi connectivity index (χ1n) is 7.90. The van der Waals surface area contributed by atoms with E-state index in [-0.39, 0.29) is 30.1 Å². The van der Waals surface area contributed by atoms with Crippen molar-refractivity contribution in [3.8, 4) is 5.75 Å². The van der Waals surface area contributed by atoms with Gasteiger partial charge in [0.15, 0.2) is 11.7 Å². The Hall–Kier alpha value is -0.810. The summed E-state index contributed by atoms with van der Waals surface area (Å²) in [5.41, 5.74) is 6.66. The standard InChI is InChI=1S/C16H22ClN3O4.HI/c1-21-14-3-2-11(8-13(14)17)20-15(18)19-9-12-10-23-16(24-12)4-6-22-7-5-16;/h2-3,8,12H,4-7,9-10H2,1H3,(H3,18,19,20);1H. The zero-order valence-electron chi connectivity index (χ0n) is 14.0. The molecule has 9 heteroatoms. The number of hydrogen-bond donors (Lipinski definition) is 2. The fourth-order valence-electron chi connectivity index (χ4n) is 2.78. The second kappa shape index (κ2) is 9.22. The molecular weight excluding hydrogens is 461 g/mol. The van der Waals surface area contributed by atoms with Crippen molar-refractivity contribution < 1.29 is 18.9 Å². The molecule has 1 aromatic carbocycles. The maximum atomic E-state index is 6.08. The highest BCUT2D eigenvalue weighted by atomic mass is 127. The molecule has 2 heterocycles. The van der Waals surface area contributed by atoms with Crippen molar-refractivity contribution in [3.63, 3.8) is 0 Å². The van der Waals surface area contributed by atoms with Gasteiger partial charge in [0.2, 0.25) is 0 Å². The topological polar surface area (TPSA) is 87.3 Å². The molecule has 25 heavy (non-hydrogen) atoms. The second-order valence-electron chi connectivity index (χ2n) is 5.77. The number of anilines is 1. The SMILES string of the molecule is COc1ccc(NC(N)=NCC2COC3(CCOCC3)O2)cc1Cl.I. The van der Waals surface area contributed by atoms with E-state index >= 15 is 0 Å². The molecule has 0 aromatic heterocycles. The van der Waals surface area contributed by atoms with Gasteiger partial charge in [0, 0.05) is 18.5 Å². The largest absolute Gasteiger partial charge is 0.495 e. The van der Waals surface area contributed by atoms with Crippen LogP contribution in [0.2, 0.25) is 5.02 Å². The van der Waals surface area contributed by atoms with Crippen LogP contribution in [0.5, 0.6) is 5.75 Å². The van der Waals surface area contributed by atoms with Gasteiger partial charge in [0.25, 0.3) is 0 Å². The number of benzene rings is 1. The molecule has 1 spiro atoms. The van der Waals surface area contributed by atoms with Crippen LogP contribution >= 0.6 is 35.6 Å². The lowest BCUT2D eigenvalue weighted by molar-refractivity contribution is -0.210. The summed E-state index contributed by atoms with van der Waals surface area (Å²) in [6.45, 7) is 2.28. The first kappa shape index (κ1) is 20.5. The second-order valence-corrected chi connectivity index (χ2v) is 6.18. The monoisotopic (exact) mass is 483 g/mol. The lowest BCUT2D eigenvalue weighted by Crippen LogP contribution is -2.38. The lowest BCUT2D eigenvalue weighted by atomic mass is 10.1. The Morgan fingerprint density at radius 3 is 2.88 bits per heavy atom. The summed E-state index contributed by atoms with van der Waals surface area (Å²) in [5, 5.41) is 3.50. The number of nitrogens with zero attached hydrogens (tertiary/aromatic N) is 1. The third kappa shape index (κ3) is 5.33. The highest BCUT2D eigenvalue weighted by Crippen LogP contribution is 2.33. The Labute approximate surface area is 169 Å². The van der Waals surface area contributed by atoms with Crippen molar-refractivity contribution in [3.05, 3.63) is 23.2 Å². The van der Waals surface area contributed by atoms with Crippen molar-refractivity contribution in [2.24, 2.45) is 10.7 Å². The van der Waals surface area contributed by atoms with Gasteiger partial charge in [-0.1, -0.05) is 11.6 Å². The van der Waals surface area contributed by atoms with Crippen LogP contribution in [0.3, 0.4) is 0 Å². The summed E-state index contributed by atoms with van der Waals surface area (Å²) in [5.74, 6) is 0.410. The third-order valence-corrected chi connectivity index (χ3v) is 4.35. The molecule has 0 aliphatic carbocycles. The number of hydrogen-bond acceptors (Lipinski definition) is 5. The Morgan fingerprint density at radius 1 is 1.44 bits per heavy atom. The maximum absolute atomic E-state index is 6.08. The zero-order valence-corrected chi connectivity index (χ0v) is 17.1. The Morgan fingerprint density at radius 2 is 2.20 bits per heavy atom. The molecule has 0 saturated carbocycles. The highest BCUT2D eigenvalue weighted by Gasteiger charge is 2.42. The molecule has 0 bridgehead atoms. The number of aliphatic imine (C=N–C) groups is 1. The van der Waals surface area contributed by atoms with Crippen molar-refractivity contribution in [1.29, 1.82) is 0 Å². The predicted molar refractivity (Wildman–Crippen MR) is 107 cm³/mol. The summed E-state index contributed by atoms with van der Waals surface area (Å²) in [4.78, 5) is 4.32. The van der Waals surface area contributed by atoms with Crippen LogP contribution in [-0.4, -0.2) is 51.3 Å². The summed E-state index contributed by atoms with van der Waals surface area (Å²) in [6, 6.07) is 5.31. The van der Waals surface area contributed by atoms with Gasteiger partial charge in [0.05, 0.1) is 38.5 Å². The summed E-state index contributed by atoms with van der Waals surface area (Å²) >= 11 is 6.08. The third-order valence-electron chi connectivity index (χ3n) is 4.06. The first-order chi connectivity index (χ1) is 11.6. The number of rotatable bonds is 4. The van der Waals surface area contributed by atoms with Crippen LogP contribution < -0.4 is 15.8 Å². The maximum Gasteiger partial charge on any atom is 0.193 e. The summed E-state index contributed by atoms with van der Waals surface area (Å²) < 4.78 is 22.3. The van der Waals surface area contributed by atoms with Gasteiger partial charge < -0.3 is 30.0 Å². The molecule has 0 radical (unpaired) electrons. The molecule has 140 valence electrons. The zero-order chi connectivity index (χ0) is 17.0. The quantitative estimate of drug-likeness (QED) is 0.389.